The van der Waals surface area contributed by atoms with Crippen molar-refractivity contribution in [1.82, 2.24) is 0 Å². The summed E-state index contributed by atoms with van der Waals surface area (Å²) in [4.78, 5) is 0. The van der Waals surface area contributed by atoms with Gasteiger partial charge < -0.3 is 15.6 Å². The second-order valence-electron chi connectivity index (χ2n) is 4.63. The quantitative estimate of drug-likeness (QED) is 0.881. The van der Waals surface area contributed by atoms with E-state index in [1.54, 1.807) is 25.1 Å². The molecule has 2 aromatic rings. The minimum absolute atomic E-state index is 0.0117. The molecular formula is C16H18FNO2. The lowest BCUT2D eigenvalue weighted by atomic mass is 10.1. The second kappa shape index (κ2) is 6.50. The number of hydrogen-bond donors (Lipinski definition) is 2. The van der Waals surface area contributed by atoms with E-state index >= 15 is 0 Å². The summed E-state index contributed by atoms with van der Waals surface area (Å²) in [6, 6.07) is 11.6. The molecule has 0 radical (unpaired) electrons. The van der Waals surface area contributed by atoms with Gasteiger partial charge in [-0.3, -0.25) is 0 Å². The monoisotopic (exact) mass is 275 g/mol. The highest BCUT2D eigenvalue weighted by Crippen LogP contribution is 2.33. The van der Waals surface area contributed by atoms with Gasteiger partial charge in [0.25, 0.3) is 0 Å². The Hall–Kier alpha value is -1.91. The normalized spacial score (nSPS) is 12.2. The lowest BCUT2D eigenvalue weighted by Crippen LogP contribution is -2.08. The third kappa shape index (κ3) is 3.15. The highest BCUT2D eigenvalue weighted by atomic mass is 19.1. The first kappa shape index (κ1) is 14.5. The molecule has 0 bridgehead atoms. The fraction of sp³-hybridized carbons (Fsp3) is 0.250. The van der Waals surface area contributed by atoms with Crippen LogP contribution in [0.1, 0.15) is 24.1 Å². The Morgan fingerprint density at radius 2 is 1.95 bits per heavy atom. The van der Waals surface area contributed by atoms with Gasteiger partial charge in [0, 0.05) is 18.2 Å². The molecule has 0 heterocycles. The number of ether oxygens (including phenoxy) is 1. The van der Waals surface area contributed by atoms with Gasteiger partial charge >= 0.3 is 0 Å². The fourth-order valence-corrected chi connectivity index (χ4v) is 2.03. The average molecular weight is 275 g/mol. The molecule has 3 nitrogen and oxygen atoms in total. The van der Waals surface area contributed by atoms with E-state index in [0.717, 1.165) is 5.56 Å². The number of aliphatic hydroxyl groups excluding tert-OH is 1. The first-order chi connectivity index (χ1) is 9.63. The standard InChI is InChI=1S/C16H18FNO2/c1-11(18)13-6-4-7-14(17)16(13)20-15-8-3-2-5-12(15)9-10-19/h2-8,11,19H,9-10,18H2,1H3/t11-/m1/s1. The summed E-state index contributed by atoms with van der Waals surface area (Å²) >= 11 is 0. The molecule has 1 atom stereocenters. The van der Waals surface area contributed by atoms with Crippen LogP contribution in [0.25, 0.3) is 0 Å². The zero-order valence-electron chi connectivity index (χ0n) is 11.3. The number of halogens is 1. The molecule has 2 rings (SSSR count). The maximum Gasteiger partial charge on any atom is 0.167 e. The predicted octanol–water partition coefficient (Wildman–Crippen LogP) is 3.17. The highest BCUT2D eigenvalue weighted by molar-refractivity contribution is 5.43. The van der Waals surface area contributed by atoms with Crippen LogP contribution in [0.5, 0.6) is 11.5 Å². The summed E-state index contributed by atoms with van der Waals surface area (Å²) in [6.45, 7) is 1.79. The van der Waals surface area contributed by atoms with Gasteiger partial charge in [-0.1, -0.05) is 30.3 Å². The number of benzene rings is 2. The van der Waals surface area contributed by atoms with Gasteiger partial charge in [-0.05, 0) is 31.0 Å². The molecule has 0 aliphatic carbocycles. The molecule has 0 aliphatic rings. The Balaban J connectivity index is 2.40. The molecule has 0 fully saturated rings. The predicted molar refractivity (Wildman–Crippen MR) is 76.3 cm³/mol. The number of para-hydroxylation sites is 2. The maximum absolute atomic E-state index is 14.0. The fourth-order valence-electron chi connectivity index (χ4n) is 2.03. The smallest absolute Gasteiger partial charge is 0.167 e. The van der Waals surface area contributed by atoms with Crippen molar-refractivity contribution in [3.63, 3.8) is 0 Å². The molecule has 3 N–H and O–H groups in total. The minimum Gasteiger partial charge on any atom is -0.454 e. The van der Waals surface area contributed by atoms with Crippen LogP contribution in [-0.2, 0) is 6.42 Å². The van der Waals surface area contributed by atoms with Crippen molar-refractivity contribution in [2.45, 2.75) is 19.4 Å². The van der Waals surface area contributed by atoms with Crippen LogP contribution < -0.4 is 10.5 Å². The largest absolute Gasteiger partial charge is 0.454 e. The molecule has 2 aromatic carbocycles. The van der Waals surface area contributed by atoms with E-state index in [0.29, 0.717) is 17.7 Å². The molecule has 4 heteroatoms. The van der Waals surface area contributed by atoms with Crippen LogP contribution in [0.3, 0.4) is 0 Å². The van der Waals surface area contributed by atoms with E-state index in [9.17, 15) is 4.39 Å². The molecule has 0 saturated carbocycles. The first-order valence-corrected chi connectivity index (χ1v) is 6.54. The van der Waals surface area contributed by atoms with Gasteiger partial charge in [0.15, 0.2) is 11.6 Å². The van der Waals surface area contributed by atoms with Crippen LogP contribution in [0.15, 0.2) is 42.5 Å². The van der Waals surface area contributed by atoms with Gasteiger partial charge in [-0.2, -0.15) is 0 Å². The maximum atomic E-state index is 14.0. The van der Waals surface area contributed by atoms with Gasteiger partial charge in [-0.25, -0.2) is 4.39 Å². The summed E-state index contributed by atoms with van der Waals surface area (Å²) in [7, 11) is 0. The number of rotatable bonds is 5. The summed E-state index contributed by atoms with van der Waals surface area (Å²) in [5.41, 5.74) is 7.29. The lowest BCUT2D eigenvalue weighted by Gasteiger charge is -2.16. The van der Waals surface area contributed by atoms with Gasteiger partial charge in [0.1, 0.15) is 5.75 Å². The molecule has 0 saturated heterocycles. The van der Waals surface area contributed by atoms with E-state index < -0.39 is 5.82 Å². The molecule has 0 unspecified atom stereocenters. The summed E-state index contributed by atoms with van der Waals surface area (Å²) < 4.78 is 19.7. The first-order valence-electron chi connectivity index (χ1n) is 6.54. The van der Waals surface area contributed by atoms with E-state index in [-0.39, 0.29) is 18.4 Å². The van der Waals surface area contributed by atoms with Crippen LogP contribution in [0, 0.1) is 5.82 Å². The van der Waals surface area contributed by atoms with E-state index in [1.807, 2.05) is 18.2 Å². The van der Waals surface area contributed by atoms with Crippen molar-refractivity contribution in [1.29, 1.82) is 0 Å². The molecule has 0 aliphatic heterocycles. The van der Waals surface area contributed by atoms with Crippen LogP contribution in [-0.4, -0.2) is 11.7 Å². The Morgan fingerprint density at radius 3 is 2.65 bits per heavy atom. The average Bonchev–Trinajstić information content (AvgIpc) is 2.43. The summed E-state index contributed by atoms with van der Waals surface area (Å²) in [5.74, 6) is 0.236. The van der Waals surface area contributed by atoms with Crippen molar-refractivity contribution in [2.24, 2.45) is 5.73 Å². The molecule has 106 valence electrons. The SMILES string of the molecule is C[C@@H](N)c1cccc(F)c1Oc1ccccc1CCO. The van der Waals surface area contributed by atoms with Crippen molar-refractivity contribution in [2.75, 3.05) is 6.61 Å². The zero-order valence-corrected chi connectivity index (χ0v) is 11.3. The third-order valence-corrected chi connectivity index (χ3v) is 3.05. The summed E-state index contributed by atoms with van der Waals surface area (Å²) in [6.07, 6.45) is 0.456. The van der Waals surface area contributed by atoms with Crippen molar-refractivity contribution >= 4 is 0 Å². The van der Waals surface area contributed by atoms with Gasteiger partial charge in [-0.15, -0.1) is 0 Å². The Morgan fingerprint density at radius 1 is 1.20 bits per heavy atom. The van der Waals surface area contributed by atoms with Crippen LogP contribution in [0.4, 0.5) is 4.39 Å². The third-order valence-electron chi connectivity index (χ3n) is 3.05. The topological polar surface area (TPSA) is 55.5 Å². The summed E-state index contributed by atoms with van der Waals surface area (Å²) in [5, 5.41) is 9.06. The molecular weight excluding hydrogens is 257 g/mol. The van der Waals surface area contributed by atoms with Crippen molar-refractivity contribution < 1.29 is 14.2 Å². The van der Waals surface area contributed by atoms with E-state index in [2.05, 4.69) is 0 Å². The van der Waals surface area contributed by atoms with E-state index in [1.165, 1.54) is 6.07 Å². The van der Waals surface area contributed by atoms with Gasteiger partial charge in [0.05, 0.1) is 0 Å². The number of nitrogens with two attached hydrogens (primary N) is 1. The van der Waals surface area contributed by atoms with Crippen molar-refractivity contribution in [3.8, 4) is 11.5 Å². The molecule has 0 amide bonds. The van der Waals surface area contributed by atoms with Crippen LogP contribution >= 0.6 is 0 Å². The Labute approximate surface area is 117 Å². The number of hydrogen-bond acceptors (Lipinski definition) is 3. The van der Waals surface area contributed by atoms with Crippen LogP contribution in [0.2, 0.25) is 0 Å². The molecule has 0 spiro atoms. The minimum atomic E-state index is -0.446. The molecule has 0 aromatic heterocycles. The molecule has 20 heavy (non-hydrogen) atoms. The zero-order chi connectivity index (χ0) is 14.5. The highest BCUT2D eigenvalue weighted by Gasteiger charge is 2.15. The van der Waals surface area contributed by atoms with Crippen molar-refractivity contribution in [3.05, 3.63) is 59.4 Å². The van der Waals surface area contributed by atoms with E-state index in [4.69, 9.17) is 15.6 Å². The number of aliphatic hydroxyl groups is 1. The Bertz CT molecular complexity index is 584. The van der Waals surface area contributed by atoms with Gasteiger partial charge in [0.2, 0.25) is 0 Å². The second-order valence-corrected chi connectivity index (χ2v) is 4.63. The Kier molecular flexibility index (Phi) is 4.71. The lowest BCUT2D eigenvalue weighted by molar-refractivity contribution is 0.297.